The van der Waals surface area contributed by atoms with Gasteiger partial charge in [0.15, 0.2) is 17.7 Å². The summed E-state index contributed by atoms with van der Waals surface area (Å²) in [7, 11) is 0. The molecule has 0 aromatic heterocycles. The minimum Gasteiger partial charge on any atom is -0.478 e. The third kappa shape index (κ3) is 3.78. The van der Waals surface area contributed by atoms with Gasteiger partial charge in [-0.3, -0.25) is 4.79 Å². The Hall–Kier alpha value is -2.50. The minimum atomic E-state index is -0.999. The van der Waals surface area contributed by atoms with Crippen molar-refractivity contribution in [1.29, 1.82) is 0 Å². The summed E-state index contributed by atoms with van der Waals surface area (Å²) in [6.07, 6.45) is -0.746. The van der Waals surface area contributed by atoms with Gasteiger partial charge in [0.1, 0.15) is 11.6 Å². The van der Waals surface area contributed by atoms with Gasteiger partial charge < -0.3 is 10.1 Å². The molecule has 2 aromatic carbocycles. The van der Waals surface area contributed by atoms with Gasteiger partial charge in [0, 0.05) is 6.07 Å². The molecule has 1 amide bonds. The van der Waals surface area contributed by atoms with Gasteiger partial charge in [-0.15, -0.1) is 0 Å². The molecule has 0 spiro atoms. The molecule has 2 rings (SSSR count). The summed E-state index contributed by atoms with van der Waals surface area (Å²) in [5.74, 6) is -2.94. The van der Waals surface area contributed by atoms with E-state index >= 15 is 0 Å². The monoisotopic (exact) mass is 309 g/mol. The minimum absolute atomic E-state index is 0.0657. The lowest BCUT2D eigenvalue weighted by Crippen LogP contribution is -2.32. The maximum absolute atomic E-state index is 13.5. The van der Waals surface area contributed by atoms with E-state index in [1.807, 2.05) is 0 Å². The predicted octanol–water partition coefficient (Wildman–Crippen LogP) is 3.90. The summed E-state index contributed by atoms with van der Waals surface area (Å²) in [6.45, 7) is 1.67. The molecule has 0 aliphatic carbocycles. The molecular weight excluding hydrogens is 295 g/mol. The van der Waals surface area contributed by atoms with Gasteiger partial charge in [0.25, 0.3) is 5.91 Å². The molecule has 0 radical (unpaired) electrons. The lowest BCUT2D eigenvalue weighted by molar-refractivity contribution is -0.122. The molecular formula is C16H14F3NO2. The standard InChI is InChI=1S/C16H14F3NO2/c1-2-14(22-15-6-4-3-5-11(15)18)16(21)20-13-8-7-10(17)9-12(13)19/h3-9,14H,2H2,1H3,(H,20,21)/t14-/m1/s1. The smallest absolute Gasteiger partial charge is 0.265 e. The van der Waals surface area contributed by atoms with Crippen molar-refractivity contribution in [2.75, 3.05) is 5.32 Å². The Morgan fingerprint density at radius 2 is 1.86 bits per heavy atom. The van der Waals surface area contributed by atoms with Crippen molar-refractivity contribution in [3.05, 3.63) is 59.9 Å². The summed E-state index contributed by atoms with van der Waals surface area (Å²) in [6, 6.07) is 8.47. The Morgan fingerprint density at radius 3 is 2.50 bits per heavy atom. The highest BCUT2D eigenvalue weighted by atomic mass is 19.1. The Kier molecular flexibility index (Phi) is 5.04. The molecule has 6 heteroatoms. The van der Waals surface area contributed by atoms with E-state index in [2.05, 4.69) is 5.32 Å². The zero-order valence-electron chi connectivity index (χ0n) is 11.8. The molecule has 3 nitrogen and oxygen atoms in total. The Bertz CT molecular complexity index is 676. The topological polar surface area (TPSA) is 38.3 Å². The second-order valence-corrected chi connectivity index (χ2v) is 4.56. The van der Waals surface area contributed by atoms with Crippen LogP contribution in [0.2, 0.25) is 0 Å². The normalized spacial score (nSPS) is 11.8. The quantitative estimate of drug-likeness (QED) is 0.909. The van der Waals surface area contributed by atoms with Gasteiger partial charge in [-0.05, 0) is 30.7 Å². The molecule has 22 heavy (non-hydrogen) atoms. The summed E-state index contributed by atoms with van der Waals surface area (Å²) in [4.78, 5) is 12.1. The fourth-order valence-corrected chi connectivity index (χ4v) is 1.82. The number of hydrogen-bond acceptors (Lipinski definition) is 2. The van der Waals surface area contributed by atoms with Crippen LogP contribution < -0.4 is 10.1 Å². The van der Waals surface area contributed by atoms with Gasteiger partial charge in [-0.25, -0.2) is 13.2 Å². The van der Waals surface area contributed by atoms with E-state index in [-0.39, 0.29) is 17.9 Å². The number of nitrogens with one attached hydrogen (secondary N) is 1. The molecule has 0 fully saturated rings. The van der Waals surface area contributed by atoms with Crippen LogP contribution in [0.25, 0.3) is 0 Å². The number of para-hydroxylation sites is 1. The number of halogens is 3. The van der Waals surface area contributed by atoms with E-state index in [0.29, 0.717) is 6.07 Å². The van der Waals surface area contributed by atoms with E-state index in [0.717, 1.165) is 12.1 Å². The molecule has 1 atom stereocenters. The van der Waals surface area contributed by atoms with Crippen molar-refractivity contribution in [2.45, 2.75) is 19.4 Å². The van der Waals surface area contributed by atoms with Crippen LogP contribution in [0.1, 0.15) is 13.3 Å². The molecule has 0 unspecified atom stereocenters. The number of carbonyl (C=O) groups is 1. The second-order valence-electron chi connectivity index (χ2n) is 4.56. The van der Waals surface area contributed by atoms with Crippen molar-refractivity contribution in [3.63, 3.8) is 0 Å². The van der Waals surface area contributed by atoms with E-state index < -0.39 is 29.5 Å². The first kappa shape index (κ1) is 15.9. The van der Waals surface area contributed by atoms with Gasteiger partial charge in [0.05, 0.1) is 5.69 Å². The molecule has 0 heterocycles. The van der Waals surface area contributed by atoms with Gasteiger partial charge in [-0.1, -0.05) is 19.1 Å². The Balaban J connectivity index is 2.10. The highest BCUT2D eigenvalue weighted by Crippen LogP contribution is 2.20. The van der Waals surface area contributed by atoms with Crippen LogP contribution in [-0.4, -0.2) is 12.0 Å². The van der Waals surface area contributed by atoms with Gasteiger partial charge in [0.2, 0.25) is 0 Å². The first-order chi connectivity index (χ1) is 10.5. The van der Waals surface area contributed by atoms with Crippen LogP contribution >= 0.6 is 0 Å². The van der Waals surface area contributed by atoms with Crippen molar-refractivity contribution in [1.82, 2.24) is 0 Å². The maximum atomic E-state index is 13.5. The fourth-order valence-electron chi connectivity index (χ4n) is 1.82. The summed E-state index contributed by atoms with van der Waals surface area (Å²) >= 11 is 0. The van der Waals surface area contributed by atoms with E-state index in [1.54, 1.807) is 13.0 Å². The largest absolute Gasteiger partial charge is 0.478 e. The van der Waals surface area contributed by atoms with Gasteiger partial charge >= 0.3 is 0 Å². The third-order valence-corrected chi connectivity index (χ3v) is 2.96. The van der Waals surface area contributed by atoms with Crippen molar-refractivity contribution in [3.8, 4) is 5.75 Å². The van der Waals surface area contributed by atoms with Gasteiger partial charge in [-0.2, -0.15) is 0 Å². The lowest BCUT2D eigenvalue weighted by atomic mass is 10.2. The Labute approximate surface area is 125 Å². The Morgan fingerprint density at radius 1 is 1.14 bits per heavy atom. The zero-order valence-corrected chi connectivity index (χ0v) is 11.8. The summed E-state index contributed by atoms with van der Waals surface area (Å²) < 4.78 is 45.2. The first-order valence-electron chi connectivity index (χ1n) is 6.68. The highest BCUT2D eigenvalue weighted by Gasteiger charge is 2.21. The van der Waals surface area contributed by atoms with Crippen LogP contribution in [0.3, 0.4) is 0 Å². The molecule has 0 saturated heterocycles. The second kappa shape index (κ2) is 6.98. The average Bonchev–Trinajstić information content (AvgIpc) is 2.49. The van der Waals surface area contributed by atoms with Crippen molar-refractivity contribution >= 4 is 11.6 Å². The molecule has 1 N–H and O–H groups in total. The molecule has 0 aliphatic heterocycles. The van der Waals surface area contributed by atoms with E-state index in [4.69, 9.17) is 4.74 Å². The first-order valence-corrected chi connectivity index (χ1v) is 6.68. The fraction of sp³-hybridized carbons (Fsp3) is 0.188. The van der Waals surface area contributed by atoms with E-state index in [1.165, 1.54) is 18.2 Å². The number of anilines is 1. The number of ether oxygens (including phenoxy) is 1. The highest BCUT2D eigenvalue weighted by molar-refractivity contribution is 5.94. The SMILES string of the molecule is CC[C@@H](Oc1ccccc1F)C(=O)Nc1ccc(F)cc1F. The number of benzene rings is 2. The number of hydrogen-bond donors (Lipinski definition) is 1. The third-order valence-electron chi connectivity index (χ3n) is 2.96. The van der Waals surface area contributed by atoms with Crippen LogP contribution in [-0.2, 0) is 4.79 Å². The number of rotatable bonds is 5. The summed E-state index contributed by atoms with van der Waals surface area (Å²) in [5, 5.41) is 2.30. The van der Waals surface area contributed by atoms with Crippen molar-refractivity contribution < 1.29 is 22.7 Å². The van der Waals surface area contributed by atoms with Crippen LogP contribution in [0.5, 0.6) is 5.75 Å². The van der Waals surface area contributed by atoms with Crippen LogP contribution in [0.4, 0.5) is 18.9 Å². The predicted molar refractivity (Wildman–Crippen MR) is 76.1 cm³/mol. The number of carbonyl (C=O) groups excluding carboxylic acids is 1. The maximum Gasteiger partial charge on any atom is 0.265 e. The molecule has 2 aromatic rings. The molecule has 0 bridgehead atoms. The average molecular weight is 309 g/mol. The number of amides is 1. The summed E-state index contributed by atoms with van der Waals surface area (Å²) in [5.41, 5.74) is -0.165. The zero-order chi connectivity index (χ0) is 16.1. The van der Waals surface area contributed by atoms with E-state index in [9.17, 15) is 18.0 Å². The van der Waals surface area contributed by atoms with Crippen LogP contribution in [0, 0.1) is 17.5 Å². The lowest BCUT2D eigenvalue weighted by Gasteiger charge is -2.17. The van der Waals surface area contributed by atoms with Crippen LogP contribution in [0.15, 0.2) is 42.5 Å². The van der Waals surface area contributed by atoms with Crippen molar-refractivity contribution in [2.24, 2.45) is 0 Å². The molecule has 116 valence electrons. The molecule has 0 aliphatic rings. The molecule has 0 saturated carbocycles.